The van der Waals surface area contributed by atoms with Gasteiger partial charge in [-0.15, -0.1) is 0 Å². The largest absolute Gasteiger partial charge is 0.477 e. The van der Waals surface area contributed by atoms with Crippen molar-refractivity contribution < 1.29 is 32.6 Å². The number of carbonyl (C=O) groups excluding carboxylic acids is 1. The van der Waals surface area contributed by atoms with Crippen LogP contribution in [0.2, 0.25) is 0 Å². The summed E-state index contributed by atoms with van der Waals surface area (Å²) in [7, 11) is 2.97. The van der Waals surface area contributed by atoms with Crippen LogP contribution in [0.25, 0.3) is 0 Å². The summed E-state index contributed by atoms with van der Waals surface area (Å²) < 4.78 is 46.8. The van der Waals surface area contributed by atoms with Gasteiger partial charge in [0.2, 0.25) is 5.88 Å². The third-order valence-corrected chi connectivity index (χ3v) is 3.90. The lowest BCUT2D eigenvalue weighted by Crippen LogP contribution is -2.27. The van der Waals surface area contributed by atoms with E-state index >= 15 is 0 Å². The van der Waals surface area contributed by atoms with Crippen LogP contribution >= 0.6 is 11.5 Å². The molecule has 2 aromatic rings. The highest BCUT2D eigenvalue weighted by atomic mass is 32.1. The predicted octanol–water partition coefficient (Wildman–Crippen LogP) is 3.53. The van der Waals surface area contributed by atoms with Gasteiger partial charge in [-0.05, 0) is 29.2 Å². The van der Waals surface area contributed by atoms with Gasteiger partial charge in [-0.3, -0.25) is 5.32 Å². The lowest BCUT2D eigenvalue weighted by Gasteiger charge is -2.11. The molecule has 0 aliphatic rings. The van der Waals surface area contributed by atoms with Crippen molar-refractivity contribution in [2.75, 3.05) is 19.4 Å². The van der Waals surface area contributed by atoms with Crippen LogP contribution in [-0.4, -0.2) is 40.5 Å². The summed E-state index contributed by atoms with van der Waals surface area (Å²) in [5.41, 5.74) is -0.715. The van der Waals surface area contributed by atoms with Crippen LogP contribution in [-0.2, 0) is 12.8 Å². The lowest BCUT2D eigenvalue weighted by atomic mass is 10.1. The van der Waals surface area contributed by atoms with E-state index in [9.17, 15) is 27.9 Å². The second kappa shape index (κ2) is 7.60. The van der Waals surface area contributed by atoms with E-state index < -0.39 is 23.7 Å². The molecule has 0 radical (unpaired) electrons. The van der Waals surface area contributed by atoms with Gasteiger partial charge in [0.1, 0.15) is 11.6 Å². The van der Waals surface area contributed by atoms with Gasteiger partial charge in [-0.1, -0.05) is 12.1 Å². The molecule has 0 saturated carbocycles. The summed E-state index contributed by atoms with van der Waals surface area (Å²) in [5, 5.41) is 11.7. The Morgan fingerprint density at radius 1 is 1.27 bits per heavy atom. The molecule has 0 atom stereocenters. The zero-order valence-electron chi connectivity index (χ0n) is 13.6. The first-order chi connectivity index (χ1) is 12.1. The van der Waals surface area contributed by atoms with E-state index in [4.69, 9.17) is 4.74 Å². The maximum Gasteiger partial charge on any atom is 0.416 e. The average molecular weight is 389 g/mol. The maximum absolute atomic E-state index is 12.5. The van der Waals surface area contributed by atoms with Gasteiger partial charge in [-0.2, -0.15) is 17.5 Å². The number of ether oxygens (including phenoxy) is 1. The van der Waals surface area contributed by atoms with Crippen molar-refractivity contribution in [3.8, 4) is 5.88 Å². The number of carbonyl (C=O) groups is 2. The van der Waals surface area contributed by atoms with Gasteiger partial charge in [0.05, 0.1) is 5.56 Å². The monoisotopic (exact) mass is 389 g/mol. The fourth-order valence-electron chi connectivity index (χ4n) is 1.80. The van der Waals surface area contributed by atoms with E-state index in [1.54, 1.807) is 0 Å². The molecule has 2 amide bonds. The van der Waals surface area contributed by atoms with Crippen molar-refractivity contribution in [2.45, 2.75) is 12.8 Å². The fraction of sp³-hybridized carbons (Fsp3) is 0.267. The van der Waals surface area contributed by atoms with Gasteiger partial charge in [0.25, 0.3) is 0 Å². The van der Waals surface area contributed by atoms with Gasteiger partial charge in [0, 0.05) is 14.1 Å². The Morgan fingerprint density at radius 2 is 1.88 bits per heavy atom. The van der Waals surface area contributed by atoms with Crippen molar-refractivity contribution in [3.63, 3.8) is 0 Å². The molecule has 0 spiro atoms. The van der Waals surface area contributed by atoms with Crippen LogP contribution in [0.4, 0.5) is 23.0 Å². The Hall–Kier alpha value is -2.82. The average Bonchev–Trinajstić information content (AvgIpc) is 2.95. The number of aromatic nitrogens is 1. The number of benzene rings is 1. The highest BCUT2D eigenvalue weighted by Gasteiger charge is 2.30. The number of hydrogen-bond donors (Lipinski definition) is 2. The summed E-state index contributed by atoms with van der Waals surface area (Å²) in [6.45, 7) is -0.177. The summed E-state index contributed by atoms with van der Waals surface area (Å²) >= 11 is 0.728. The number of amides is 2. The van der Waals surface area contributed by atoms with Gasteiger partial charge in [-0.25, -0.2) is 9.59 Å². The molecule has 0 saturated heterocycles. The number of urea groups is 1. The van der Waals surface area contributed by atoms with Crippen LogP contribution in [0, 0.1) is 0 Å². The van der Waals surface area contributed by atoms with Crippen LogP contribution in [0.1, 0.15) is 21.5 Å². The van der Waals surface area contributed by atoms with Crippen molar-refractivity contribution in [2.24, 2.45) is 0 Å². The zero-order valence-corrected chi connectivity index (χ0v) is 14.4. The number of halogens is 3. The molecule has 11 heteroatoms. The summed E-state index contributed by atoms with van der Waals surface area (Å²) in [6.07, 6.45) is -4.44. The van der Waals surface area contributed by atoms with Crippen molar-refractivity contribution in [3.05, 3.63) is 41.0 Å². The smallest absolute Gasteiger partial charge is 0.416 e. The molecule has 0 aliphatic heterocycles. The van der Waals surface area contributed by atoms with Crippen molar-refractivity contribution in [1.82, 2.24) is 9.27 Å². The second-order valence-corrected chi connectivity index (χ2v) is 6.08. The number of carboxylic acids is 1. The molecule has 0 bridgehead atoms. The minimum Gasteiger partial charge on any atom is -0.477 e. The maximum atomic E-state index is 12.5. The van der Waals surface area contributed by atoms with Crippen LogP contribution < -0.4 is 10.1 Å². The Morgan fingerprint density at radius 3 is 2.38 bits per heavy atom. The lowest BCUT2D eigenvalue weighted by molar-refractivity contribution is -0.137. The van der Waals surface area contributed by atoms with Gasteiger partial charge >= 0.3 is 18.2 Å². The number of alkyl halides is 3. The third-order valence-electron chi connectivity index (χ3n) is 3.16. The molecule has 0 fully saturated rings. The number of nitrogens with one attached hydrogen (secondary N) is 1. The Labute approximate surface area is 150 Å². The van der Waals surface area contributed by atoms with Crippen molar-refractivity contribution >= 4 is 28.5 Å². The Bertz CT molecular complexity index is 803. The van der Waals surface area contributed by atoms with Crippen molar-refractivity contribution in [1.29, 1.82) is 0 Å². The summed E-state index contributed by atoms with van der Waals surface area (Å²) in [5.74, 6) is -1.58. The fourth-order valence-corrected chi connectivity index (χ4v) is 2.52. The minimum absolute atomic E-state index is 0.00128. The van der Waals surface area contributed by atoms with E-state index in [1.807, 2.05) is 0 Å². The van der Waals surface area contributed by atoms with E-state index in [0.717, 1.165) is 23.7 Å². The zero-order chi connectivity index (χ0) is 19.5. The first-order valence-electron chi connectivity index (χ1n) is 7.09. The number of nitrogens with zero attached hydrogens (tertiary/aromatic N) is 2. The highest BCUT2D eigenvalue weighted by Crippen LogP contribution is 2.32. The predicted molar refractivity (Wildman–Crippen MR) is 87.6 cm³/mol. The molecule has 2 rings (SSSR count). The molecule has 1 aromatic heterocycles. The number of hydrogen-bond acceptors (Lipinski definition) is 5. The number of aromatic carboxylic acids is 1. The molecule has 0 aliphatic carbocycles. The third kappa shape index (κ3) is 4.63. The molecule has 140 valence electrons. The van der Waals surface area contributed by atoms with Crippen LogP contribution in [0.5, 0.6) is 5.88 Å². The molecular weight excluding hydrogens is 375 g/mol. The molecule has 26 heavy (non-hydrogen) atoms. The highest BCUT2D eigenvalue weighted by molar-refractivity contribution is 7.11. The van der Waals surface area contributed by atoms with Gasteiger partial charge in [0.15, 0.2) is 5.56 Å². The Kier molecular flexibility index (Phi) is 5.70. The molecule has 1 heterocycles. The number of anilines is 1. The minimum atomic E-state index is -4.44. The topological polar surface area (TPSA) is 91.8 Å². The molecule has 2 N–H and O–H groups in total. The van der Waals surface area contributed by atoms with E-state index in [1.165, 1.54) is 31.1 Å². The SMILES string of the molecule is CN(C)C(=O)Nc1snc(OCc2ccc(C(F)(F)F)cc2)c1C(=O)O. The number of carboxylic acid groups (broad SMARTS) is 1. The van der Waals surface area contributed by atoms with Gasteiger partial charge < -0.3 is 14.7 Å². The van der Waals surface area contributed by atoms with E-state index in [0.29, 0.717) is 5.56 Å². The molecule has 7 nitrogen and oxygen atoms in total. The van der Waals surface area contributed by atoms with E-state index in [2.05, 4.69) is 9.69 Å². The standard InChI is InChI=1S/C15H14F3N3O4S/c1-21(2)14(24)19-12-10(13(22)23)11(20-26-12)25-7-8-3-5-9(6-4-8)15(16,17)18/h3-6H,7H2,1-2H3,(H,19,24)(H,22,23). The Balaban J connectivity index is 2.13. The molecular formula is C15H14F3N3O4S. The first kappa shape index (κ1) is 19.5. The van der Waals surface area contributed by atoms with E-state index in [-0.39, 0.29) is 23.1 Å². The van der Waals surface area contributed by atoms with Crippen LogP contribution in [0.3, 0.4) is 0 Å². The molecule has 1 aromatic carbocycles. The number of rotatable bonds is 5. The molecule has 0 unspecified atom stereocenters. The summed E-state index contributed by atoms with van der Waals surface area (Å²) in [4.78, 5) is 24.3. The summed E-state index contributed by atoms with van der Waals surface area (Å²) in [6, 6.07) is 3.72. The van der Waals surface area contributed by atoms with Crippen LogP contribution in [0.15, 0.2) is 24.3 Å². The quantitative estimate of drug-likeness (QED) is 0.816. The normalized spacial score (nSPS) is 11.1. The second-order valence-electron chi connectivity index (χ2n) is 5.30. The first-order valence-corrected chi connectivity index (χ1v) is 7.87.